The highest BCUT2D eigenvalue weighted by atomic mass is 16.4. The molecule has 4 saturated carbocycles. The number of aliphatic hydroxyl groups is 4. The van der Waals surface area contributed by atoms with Crippen LogP contribution in [0.4, 0.5) is 0 Å². The van der Waals surface area contributed by atoms with Crippen LogP contribution in [0.3, 0.4) is 0 Å². The maximum absolute atomic E-state index is 10.4. The molecular formula is C35H60O4. The van der Waals surface area contributed by atoms with Crippen LogP contribution in [-0.2, 0) is 0 Å². The third-order valence-electron chi connectivity index (χ3n) is 14.8. The van der Waals surface area contributed by atoms with Crippen LogP contribution in [-0.4, -0.2) is 45.3 Å². The quantitative estimate of drug-likeness (QED) is 0.267. The van der Waals surface area contributed by atoms with Crippen molar-refractivity contribution in [1.82, 2.24) is 0 Å². The zero-order chi connectivity index (χ0) is 28.6. The van der Waals surface area contributed by atoms with E-state index in [4.69, 9.17) is 5.11 Å². The van der Waals surface area contributed by atoms with Crippen LogP contribution in [0.1, 0.15) is 119 Å². The van der Waals surface area contributed by atoms with Gasteiger partial charge in [-0.3, -0.25) is 0 Å². The molecule has 4 heteroatoms. The average Bonchev–Trinajstić information content (AvgIpc) is 3.23. The first kappa shape index (κ1) is 30.1. The smallest absolute Gasteiger partial charge is 0.108 e. The summed E-state index contributed by atoms with van der Waals surface area (Å²) in [6.07, 6.45) is 15.4. The van der Waals surface area contributed by atoms with Crippen molar-refractivity contribution in [2.24, 2.45) is 62.6 Å². The Morgan fingerprint density at radius 2 is 1.33 bits per heavy atom. The molecule has 4 nitrogen and oxygen atoms in total. The fourth-order valence-corrected chi connectivity index (χ4v) is 12.4. The second-order valence-electron chi connectivity index (χ2n) is 16.8. The van der Waals surface area contributed by atoms with Gasteiger partial charge in [-0.05, 0) is 127 Å². The molecule has 0 aromatic carbocycles. The molecule has 39 heavy (non-hydrogen) atoms. The normalized spacial score (nSPS) is 49.7. The van der Waals surface area contributed by atoms with Crippen molar-refractivity contribution in [1.29, 1.82) is 0 Å². The van der Waals surface area contributed by atoms with Gasteiger partial charge in [0.05, 0.1) is 12.7 Å². The molecule has 0 aliphatic heterocycles. The van der Waals surface area contributed by atoms with E-state index in [-0.39, 0.29) is 0 Å². The lowest BCUT2D eigenvalue weighted by Gasteiger charge is -2.71. The minimum Gasteiger partial charge on any atom is -0.394 e. The monoisotopic (exact) mass is 544 g/mol. The van der Waals surface area contributed by atoms with Crippen LogP contribution in [0.25, 0.3) is 0 Å². The molecular weight excluding hydrogens is 484 g/mol. The molecule has 0 spiro atoms. The van der Waals surface area contributed by atoms with Gasteiger partial charge in [0.25, 0.3) is 0 Å². The maximum Gasteiger partial charge on any atom is 0.108 e. The second-order valence-corrected chi connectivity index (χ2v) is 16.8. The van der Waals surface area contributed by atoms with E-state index in [1.54, 1.807) is 0 Å². The van der Waals surface area contributed by atoms with Gasteiger partial charge < -0.3 is 20.4 Å². The van der Waals surface area contributed by atoms with E-state index < -0.39 is 24.9 Å². The molecule has 0 bridgehead atoms. The number of fused-ring (bicyclic) bond motifs is 7. The van der Waals surface area contributed by atoms with E-state index in [1.807, 2.05) is 0 Å². The van der Waals surface area contributed by atoms with Crippen LogP contribution in [0, 0.1) is 62.6 Å². The summed E-state index contributed by atoms with van der Waals surface area (Å²) in [5.41, 5.74) is 1.89. The van der Waals surface area contributed by atoms with Crippen molar-refractivity contribution in [2.45, 2.75) is 137 Å². The number of hydrogen-bond acceptors (Lipinski definition) is 4. The third kappa shape index (κ3) is 4.35. The first-order valence-electron chi connectivity index (χ1n) is 16.5. The molecule has 5 aliphatic carbocycles. The van der Waals surface area contributed by atoms with Crippen molar-refractivity contribution < 1.29 is 20.4 Å². The Morgan fingerprint density at radius 3 is 1.97 bits per heavy atom. The number of hydrogen-bond donors (Lipinski definition) is 4. The zero-order valence-electron chi connectivity index (χ0n) is 26.1. The van der Waals surface area contributed by atoms with Crippen LogP contribution in [0.5, 0.6) is 0 Å². The summed E-state index contributed by atoms with van der Waals surface area (Å²) >= 11 is 0. The van der Waals surface area contributed by atoms with Gasteiger partial charge in [0.15, 0.2) is 0 Å². The van der Waals surface area contributed by atoms with E-state index in [1.165, 1.54) is 57.8 Å². The highest BCUT2D eigenvalue weighted by Crippen LogP contribution is 2.76. The van der Waals surface area contributed by atoms with Crippen molar-refractivity contribution in [3.8, 4) is 0 Å². The number of rotatable bonds is 7. The predicted octanol–water partition coefficient (Wildman–Crippen LogP) is 6.75. The van der Waals surface area contributed by atoms with Crippen molar-refractivity contribution in [3.63, 3.8) is 0 Å². The summed E-state index contributed by atoms with van der Waals surface area (Å²) in [5.74, 6) is 3.98. The summed E-state index contributed by atoms with van der Waals surface area (Å²) in [5, 5.41) is 39.4. The zero-order valence-corrected chi connectivity index (χ0v) is 26.1. The summed E-state index contributed by atoms with van der Waals surface area (Å²) in [6.45, 7) is 17.6. The largest absolute Gasteiger partial charge is 0.394 e. The Labute approximate surface area is 239 Å². The van der Waals surface area contributed by atoms with Crippen LogP contribution < -0.4 is 0 Å². The van der Waals surface area contributed by atoms with Gasteiger partial charge in [0.1, 0.15) is 12.2 Å². The minimum atomic E-state index is -1.28. The molecule has 0 amide bonds. The SMILES string of the molecule is CC(CCC(O)C(O)C(O)CO)C1CC[C@@]2(C)C1CC[C@]1(C)C2C=CC2[C@@]3(C)CCCC(C)(C)C3CC[C@]21C. The Balaban J connectivity index is 1.36. The summed E-state index contributed by atoms with van der Waals surface area (Å²) < 4.78 is 0. The van der Waals surface area contributed by atoms with Gasteiger partial charge in [-0.1, -0.05) is 67.0 Å². The molecule has 0 aromatic heterocycles. The Hall–Kier alpha value is -0.420. The average molecular weight is 545 g/mol. The third-order valence-corrected chi connectivity index (χ3v) is 14.8. The topological polar surface area (TPSA) is 80.9 Å². The van der Waals surface area contributed by atoms with Crippen molar-refractivity contribution in [3.05, 3.63) is 12.2 Å². The van der Waals surface area contributed by atoms with Crippen LogP contribution in [0.2, 0.25) is 0 Å². The second kappa shape index (κ2) is 10.1. The molecule has 4 fully saturated rings. The van der Waals surface area contributed by atoms with Gasteiger partial charge in [0, 0.05) is 0 Å². The summed E-state index contributed by atoms with van der Waals surface area (Å²) in [4.78, 5) is 0. The van der Waals surface area contributed by atoms with Gasteiger partial charge in [0.2, 0.25) is 0 Å². The highest BCUT2D eigenvalue weighted by Gasteiger charge is 2.69. The molecule has 9 unspecified atom stereocenters. The first-order valence-corrected chi connectivity index (χ1v) is 16.5. The van der Waals surface area contributed by atoms with Crippen LogP contribution >= 0.6 is 0 Å². The van der Waals surface area contributed by atoms with Crippen LogP contribution in [0.15, 0.2) is 12.2 Å². The number of aliphatic hydroxyl groups excluding tert-OH is 4. The lowest BCUT2D eigenvalue weighted by molar-refractivity contribution is -0.198. The standard InChI is InChI=1S/C35H60O4/c1-22(9-10-25(37)30(39)26(38)21-36)23-13-18-32(4)24(23)14-19-34(6)28(32)11-12-29-33(5)17-8-16-31(2,3)27(33)15-20-35(29,34)7/h11-12,22-30,36-39H,8-10,13-21H2,1-7H3/t22?,23?,24?,25?,26?,27?,28?,29?,30?,32-,33-,34+,35+/m0/s1. The molecule has 0 aromatic rings. The summed E-state index contributed by atoms with van der Waals surface area (Å²) in [7, 11) is 0. The molecule has 13 atom stereocenters. The lowest BCUT2D eigenvalue weighted by Crippen LogP contribution is -2.64. The minimum absolute atomic E-state index is 0.325. The fourth-order valence-electron chi connectivity index (χ4n) is 12.4. The summed E-state index contributed by atoms with van der Waals surface area (Å²) in [6, 6.07) is 0. The Bertz CT molecular complexity index is 930. The van der Waals surface area contributed by atoms with Gasteiger partial charge >= 0.3 is 0 Å². The highest BCUT2D eigenvalue weighted by molar-refractivity contribution is 5.26. The Morgan fingerprint density at radius 1 is 0.718 bits per heavy atom. The van der Waals surface area contributed by atoms with Gasteiger partial charge in [-0.15, -0.1) is 0 Å². The molecule has 0 saturated heterocycles. The molecule has 224 valence electrons. The van der Waals surface area contributed by atoms with Crippen molar-refractivity contribution in [2.75, 3.05) is 6.61 Å². The predicted molar refractivity (Wildman–Crippen MR) is 158 cm³/mol. The van der Waals surface area contributed by atoms with Crippen molar-refractivity contribution >= 4 is 0 Å². The molecule has 5 aliphatic rings. The van der Waals surface area contributed by atoms with E-state index in [0.29, 0.717) is 63.1 Å². The first-order chi connectivity index (χ1) is 18.2. The van der Waals surface area contributed by atoms with Gasteiger partial charge in [-0.2, -0.15) is 0 Å². The Kier molecular flexibility index (Phi) is 7.78. The maximum atomic E-state index is 10.4. The van der Waals surface area contributed by atoms with E-state index in [2.05, 4.69) is 60.6 Å². The van der Waals surface area contributed by atoms with E-state index >= 15 is 0 Å². The lowest BCUT2D eigenvalue weighted by atomic mass is 9.33. The molecule has 5 rings (SSSR count). The molecule has 0 heterocycles. The van der Waals surface area contributed by atoms with E-state index in [9.17, 15) is 15.3 Å². The number of allylic oxidation sites excluding steroid dienone is 2. The molecule has 0 radical (unpaired) electrons. The fraction of sp³-hybridized carbons (Fsp3) is 0.943. The van der Waals surface area contributed by atoms with E-state index in [0.717, 1.165) is 12.3 Å². The molecule has 4 N–H and O–H groups in total. The van der Waals surface area contributed by atoms with Gasteiger partial charge in [-0.25, -0.2) is 0 Å².